The average Bonchev–Trinajstić information content (AvgIpc) is 2.65. The first-order valence-corrected chi connectivity index (χ1v) is 9.36. The van der Waals surface area contributed by atoms with Crippen LogP contribution in [0.4, 0.5) is 0 Å². The van der Waals surface area contributed by atoms with E-state index in [-0.39, 0.29) is 18.3 Å². The second-order valence-corrected chi connectivity index (χ2v) is 6.74. The lowest BCUT2D eigenvalue weighted by atomic mass is 9.97. The molecular formula is C20H33ClN2O3. The monoisotopic (exact) mass is 384 g/mol. The maximum Gasteiger partial charge on any atom is 0.222 e. The molecule has 1 fully saturated rings. The van der Waals surface area contributed by atoms with Gasteiger partial charge in [0.25, 0.3) is 0 Å². The van der Waals surface area contributed by atoms with Gasteiger partial charge in [0.05, 0.1) is 13.2 Å². The molecular weight excluding hydrogens is 352 g/mol. The minimum atomic E-state index is 0. The van der Waals surface area contributed by atoms with Crippen molar-refractivity contribution in [3.05, 3.63) is 29.8 Å². The highest BCUT2D eigenvalue weighted by molar-refractivity contribution is 5.85. The molecule has 2 rings (SSSR count). The first-order valence-electron chi connectivity index (χ1n) is 9.36. The fourth-order valence-electron chi connectivity index (χ4n) is 3.29. The molecule has 0 aliphatic carbocycles. The predicted octanol–water partition coefficient (Wildman–Crippen LogP) is 2.91. The van der Waals surface area contributed by atoms with Crippen molar-refractivity contribution in [1.82, 2.24) is 10.2 Å². The van der Waals surface area contributed by atoms with E-state index in [4.69, 9.17) is 9.47 Å². The Morgan fingerprint density at radius 3 is 2.73 bits per heavy atom. The van der Waals surface area contributed by atoms with Crippen LogP contribution < -0.4 is 10.1 Å². The van der Waals surface area contributed by atoms with E-state index in [0.717, 1.165) is 51.3 Å². The third-order valence-electron chi connectivity index (χ3n) is 4.69. The average molecular weight is 385 g/mol. The summed E-state index contributed by atoms with van der Waals surface area (Å²) in [5.74, 6) is 1.72. The number of amides is 1. The highest BCUT2D eigenvalue weighted by atomic mass is 35.5. The Bertz CT molecular complexity index is 508. The number of likely N-dealkylation sites (tertiary alicyclic amines) is 1. The summed E-state index contributed by atoms with van der Waals surface area (Å²) in [6, 6.07) is 8.10. The molecule has 6 heteroatoms. The summed E-state index contributed by atoms with van der Waals surface area (Å²) in [5, 5.41) is 3.22. The van der Waals surface area contributed by atoms with Gasteiger partial charge in [0, 0.05) is 26.6 Å². The van der Waals surface area contributed by atoms with Crippen LogP contribution in [0.1, 0.15) is 31.2 Å². The zero-order valence-corrected chi connectivity index (χ0v) is 16.9. The SMILES string of the molecule is CNCC1CCCN(C(=O)CCCOc2ccc(CCOC)cc2)C1.Cl. The molecule has 0 spiro atoms. The van der Waals surface area contributed by atoms with Crippen LogP contribution in [0.15, 0.2) is 24.3 Å². The Kier molecular flexibility index (Phi) is 11.3. The number of piperidine rings is 1. The minimum Gasteiger partial charge on any atom is -0.494 e. The smallest absolute Gasteiger partial charge is 0.222 e. The van der Waals surface area contributed by atoms with Gasteiger partial charge in [-0.05, 0) is 62.9 Å². The Morgan fingerprint density at radius 1 is 1.27 bits per heavy atom. The summed E-state index contributed by atoms with van der Waals surface area (Å²) in [6.45, 7) is 4.10. The van der Waals surface area contributed by atoms with Gasteiger partial charge in [-0.3, -0.25) is 4.79 Å². The van der Waals surface area contributed by atoms with Crippen LogP contribution >= 0.6 is 12.4 Å². The van der Waals surface area contributed by atoms with Crippen LogP contribution in [0.25, 0.3) is 0 Å². The molecule has 0 bridgehead atoms. The molecule has 0 saturated carbocycles. The molecule has 1 aliphatic rings. The highest BCUT2D eigenvalue weighted by Crippen LogP contribution is 2.17. The summed E-state index contributed by atoms with van der Waals surface area (Å²) in [4.78, 5) is 14.4. The number of hydrogen-bond donors (Lipinski definition) is 1. The van der Waals surface area contributed by atoms with E-state index < -0.39 is 0 Å². The Morgan fingerprint density at radius 2 is 2.04 bits per heavy atom. The first-order chi connectivity index (χ1) is 12.2. The van der Waals surface area contributed by atoms with Gasteiger partial charge in [-0.2, -0.15) is 0 Å². The zero-order valence-electron chi connectivity index (χ0n) is 16.0. The molecule has 0 aromatic heterocycles. The Balaban J connectivity index is 0.00000338. The standard InChI is InChI=1S/C20H32N2O3.ClH/c1-21-15-18-5-3-12-22(16-18)20(23)6-4-13-25-19-9-7-17(8-10-19)11-14-24-2;/h7-10,18,21H,3-6,11-16H2,1-2H3;1H. The molecule has 1 saturated heterocycles. The van der Waals surface area contributed by atoms with E-state index in [1.807, 2.05) is 24.1 Å². The number of halogens is 1. The fraction of sp³-hybridized carbons (Fsp3) is 0.650. The topological polar surface area (TPSA) is 50.8 Å². The zero-order chi connectivity index (χ0) is 17.9. The maximum atomic E-state index is 12.3. The van der Waals surface area contributed by atoms with Crippen molar-refractivity contribution >= 4 is 18.3 Å². The molecule has 1 heterocycles. The molecule has 1 aromatic carbocycles. The van der Waals surface area contributed by atoms with E-state index >= 15 is 0 Å². The third kappa shape index (κ3) is 7.94. The molecule has 1 amide bonds. The van der Waals surface area contributed by atoms with Gasteiger partial charge >= 0.3 is 0 Å². The second-order valence-electron chi connectivity index (χ2n) is 6.74. The fourth-order valence-corrected chi connectivity index (χ4v) is 3.29. The number of carbonyl (C=O) groups excluding carboxylic acids is 1. The first kappa shape index (κ1) is 22.7. The molecule has 148 valence electrons. The number of methoxy groups -OCH3 is 1. The lowest BCUT2D eigenvalue weighted by molar-refractivity contribution is -0.133. The van der Waals surface area contributed by atoms with Gasteiger partial charge in [-0.25, -0.2) is 0 Å². The molecule has 26 heavy (non-hydrogen) atoms. The van der Waals surface area contributed by atoms with E-state index in [0.29, 0.717) is 18.9 Å². The van der Waals surface area contributed by atoms with Crippen LogP contribution in [0.3, 0.4) is 0 Å². The molecule has 1 unspecified atom stereocenters. The number of rotatable bonds is 10. The lowest BCUT2D eigenvalue weighted by Crippen LogP contribution is -2.42. The van der Waals surface area contributed by atoms with Crippen molar-refractivity contribution in [2.75, 3.05) is 47.0 Å². The molecule has 1 aromatic rings. The van der Waals surface area contributed by atoms with Crippen LogP contribution in [0.2, 0.25) is 0 Å². The predicted molar refractivity (Wildman–Crippen MR) is 107 cm³/mol. The van der Waals surface area contributed by atoms with Crippen LogP contribution in [0, 0.1) is 5.92 Å². The lowest BCUT2D eigenvalue weighted by Gasteiger charge is -2.32. The second kappa shape index (κ2) is 13.0. The van der Waals surface area contributed by atoms with Crippen LogP contribution in [-0.2, 0) is 16.0 Å². The van der Waals surface area contributed by atoms with Gasteiger partial charge in [-0.15, -0.1) is 12.4 Å². The van der Waals surface area contributed by atoms with Gasteiger partial charge in [-0.1, -0.05) is 12.1 Å². The normalized spacial score (nSPS) is 16.8. The van der Waals surface area contributed by atoms with E-state index in [1.165, 1.54) is 12.0 Å². The van der Waals surface area contributed by atoms with Crippen LogP contribution in [0.5, 0.6) is 5.75 Å². The third-order valence-corrected chi connectivity index (χ3v) is 4.69. The van der Waals surface area contributed by atoms with Gasteiger partial charge in [0.2, 0.25) is 5.91 Å². The summed E-state index contributed by atoms with van der Waals surface area (Å²) in [7, 11) is 3.69. The molecule has 1 aliphatic heterocycles. The van der Waals surface area contributed by atoms with Crippen LogP contribution in [-0.4, -0.2) is 57.8 Å². The van der Waals surface area contributed by atoms with Crippen molar-refractivity contribution < 1.29 is 14.3 Å². The Labute approximate surface area is 163 Å². The number of ether oxygens (including phenoxy) is 2. The number of benzene rings is 1. The van der Waals surface area contributed by atoms with Crippen molar-refractivity contribution in [1.29, 1.82) is 0 Å². The highest BCUT2D eigenvalue weighted by Gasteiger charge is 2.22. The molecule has 0 radical (unpaired) electrons. The molecule has 1 atom stereocenters. The van der Waals surface area contributed by atoms with Gasteiger partial charge in [0.15, 0.2) is 0 Å². The summed E-state index contributed by atoms with van der Waals surface area (Å²) < 4.78 is 10.8. The van der Waals surface area contributed by atoms with E-state index in [1.54, 1.807) is 7.11 Å². The number of nitrogens with one attached hydrogen (secondary N) is 1. The molecule has 5 nitrogen and oxygen atoms in total. The maximum absolute atomic E-state index is 12.3. The van der Waals surface area contributed by atoms with Crippen molar-refractivity contribution in [2.45, 2.75) is 32.1 Å². The quantitative estimate of drug-likeness (QED) is 0.630. The largest absolute Gasteiger partial charge is 0.494 e. The summed E-state index contributed by atoms with van der Waals surface area (Å²) >= 11 is 0. The van der Waals surface area contributed by atoms with Gasteiger partial charge in [0.1, 0.15) is 5.75 Å². The Hall–Kier alpha value is -1.30. The van der Waals surface area contributed by atoms with E-state index in [2.05, 4.69) is 17.4 Å². The summed E-state index contributed by atoms with van der Waals surface area (Å²) in [6.07, 6.45) is 4.57. The number of hydrogen-bond acceptors (Lipinski definition) is 4. The van der Waals surface area contributed by atoms with Crippen molar-refractivity contribution in [3.63, 3.8) is 0 Å². The van der Waals surface area contributed by atoms with Crippen molar-refractivity contribution in [3.8, 4) is 5.75 Å². The summed E-state index contributed by atoms with van der Waals surface area (Å²) in [5.41, 5.74) is 1.24. The van der Waals surface area contributed by atoms with E-state index in [9.17, 15) is 4.79 Å². The van der Waals surface area contributed by atoms with Crippen molar-refractivity contribution in [2.24, 2.45) is 5.92 Å². The number of nitrogens with zero attached hydrogens (tertiary/aromatic N) is 1. The minimum absolute atomic E-state index is 0. The molecule has 1 N–H and O–H groups in total. The number of carbonyl (C=O) groups is 1. The van der Waals surface area contributed by atoms with Gasteiger partial charge < -0.3 is 19.7 Å².